The number of carbonyl (C=O) groups is 1. The number of hydrogen-bond donors (Lipinski definition) is 0. The second-order valence-electron chi connectivity index (χ2n) is 12.3. The summed E-state index contributed by atoms with van der Waals surface area (Å²) in [7, 11) is 0. The van der Waals surface area contributed by atoms with Gasteiger partial charge in [-0.25, -0.2) is 4.39 Å². The zero-order valence-corrected chi connectivity index (χ0v) is 25.9. The van der Waals surface area contributed by atoms with Crippen molar-refractivity contribution in [1.29, 1.82) is 0 Å². The van der Waals surface area contributed by atoms with E-state index >= 15 is 0 Å². The van der Waals surface area contributed by atoms with Crippen molar-refractivity contribution < 1.29 is 13.9 Å². The van der Waals surface area contributed by atoms with E-state index in [4.69, 9.17) is 4.74 Å². The first-order valence-electron chi connectivity index (χ1n) is 15.5. The highest BCUT2D eigenvalue weighted by Gasteiger charge is 2.52. The predicted octanol–water partition coefficient (Wildman–Crippen LogP) is 6.80. The number of carbonyl (C=O) groups excluding carboxylic acids is 1. The molecular formula is C33H53FN4O2. The van der Waals surface area contributed by atoms with Gasteiger partial charge in [-0.1, -0.05) is 60.0 Å². The Morgan fingerprint density at radius 1 is 1.18 bits per heavy atom. The van der Waals surface area contributed by atoms with Crippen molar-refractivity contribution in [2.24, 2.45) is 22.2 Å². The van der Waals surface area contributed by atoms with Gasteiger partial charge in [-0.05, 0) is 51.0 Å². The summed E-state index contributed by atoms with van der Waals surface area (Å²) >= 11 is 0. The normalized spacial score (nSPS) is 19.6. The average Bonchev–Trinajstić information content (AvgIpc) is 2.89. The van der Waals surface area contributed by atoms with E-state index in [2.05, 4.69) is 35.2 Å². The highest BCUT2D eigenvalue weighted by atomic mass is 19.1. The van der Waals surface area contributed by atoms with Crippen LogP contribution in [-0.2, 0) is 4.79 Å². The molecule has 1 aromatic carbocycles. The summed E-state index contributed by atoms with van der Waals surface area (Å²) < 4.78 is 20.7. The lowest BCUT2D eigenvalue weighted by molar-refractivity contribution is -0.121. The Morgan fingerprint density at radius 3 is 2.40 bits per heavy atom. The first-order valence-corrected chi connectivity index (χ1v) is 15.5. The molecule has 3 fully saturated rings. The third-order valence-corrected chi connectivity index (χ3v) is 8.20. The fourth-order valence-corrected chi connectivity index (χ4v) is 6.26. The highest BCUT2D eigenvalue weighted by molar-refractivity contribution is 5.96. The van der Waals surface area contributed by atoms with Crippen LogP contribution in [-0.4, -0.2) is 73.8 Å². The number of amides is 1. The van der Waals surface area contributed by atoms with Gasteiger partial charge in [0.25, 0.3) is 0 Å². The molecule has 6 nitrogen and oxygen atoms in total. The van der Waals surface area contributed by atoms with Crippen molar-refractivity contribution in [2.45, 2.75) is 86.2 Å². The smallest absolute Gasteiger partial charge is 0.229 e. The molecule has 40 heavy (non-hydrogen) atoms. The van der Waals surface area contributed by atoms with E-state index in [-0.39, 0.29) is 17.9 Å². The number of likely N-dealkylation sites (tertiary alicyclic amines) is 2. The maximum atomic E-state index is 14.3. The first-order chi connectivity index (χ1) is 19.2. The Labute approximate surface area is 242 Å². The van der Waals surface area contributed by atoms with E-state index in [0.717, 1.165) is 24.7 Å². The van der Waals surface area contributed by atoms with Gasteiger partial charge in [0.1, 0.15) is 11.6 Å². The van der Waals surface area contributed by atoms with Crippen LogP contribution in [0, 0.1) is 23.1 Å². The Morgan fingerprint density at radius 2 is 1.82 bits per heavy atom. The van der Waals surface area contributed by atoms with Gasteiger partial charge in [0.2, 0.25) is 5.91 Å². The van der Waals surface area contributed by atoms with E-state index in [1.165, 1.54) is 70.3 Å². The third-order valence-electron chi connectivity index (χ3n) is 8.20. The molecule has 1 saturated carbocycles. The summed E-state index contributed by atoms with van der Waals surface area (Å²) in [4.78, 5) is 23.9. The lowest BCUT2D eigenvalue weighted by Crippen LogP contribution is -2.72. The molecule has 4 rings (SSSR count). The average molecular weight is 557 g/mol. The molecule has 224 valence electrons. The van der Waals surface area contributed by atoms with Crippen molar-refractivity contribution >= 4 is 17.8 Å². The summed E-state index contributed by atoms with van der Waals surface area (Å²) in [5.74, 6) is 0.701. The molecule has 3 aliphatic rings. The predicted molar refractivity (Wildman–Crippen MR) is 165 cm³/mol. The van der Waals surface area contributed by atoms with E-state index in [9.17, 15) is 9.18 Å². The molecule has 2 saturated heterocycles. The monoisotopic (exact) mass is 556 g/mol. The number of nitrogens with zero attached hydrogens (tertiary/aromatic N) is 4. The Kier molecular flexibility index (Phi) is 12.0. The quantitative estimate of drug-likeness (QED) is 0.281. The minimum absolute atomic E-state index is 0.0626. The van der Waals surface area contributed by atoms with Crippen LogP contribution in [0.25, 0.3) is 0 Å². The highest BCUT2D eigenvalue weighted by Crippen LogP contribution is 2.43. The van der Waals surface area contributed by atoms with E-state index < -0.39 is 5.82 Å². The van der Waals surface area contributed by atoms with Crippen molar-refractivity contribution in [3.05, 3.63) is 36.3 Å². The minimum atomic E-state index is -0.397. The molecule has 1 unspecified atom stereocenters. The zero-order valence-electron chi connectivity index (χ0n) is 25.9. The van der Waals surface area contributed by atoms with Gasteiger partial charge in [0, 0.05) is 62.4 Å². The van der Waals surface area contributed by atoms with E-state index in [1.807, 2.05) is 27.7 Å². The lowest BCUT2D eigenvalue weighted by atomic mass is 9.71. The van der Waals surface area contributed by atoms with Crippen molar-refractivity contribution in [3.63, 3.8) is 0 Å². The molecule has 0 bridgehead atoms. The van der Waals surface area contributed by atoms with Crippen molar-refractivity contribution in [2.75, 3.05) is 50.7 Å². The van der Waals surface area contributed by atoms with Gasteiger partial charge < -0.3 is 19.4 Å². The zero-order chi connectivity index (χ0) is 29.3. The molecule has 1 spiro atoms. The summed E-state index contributed by atoms with van der Waals surface area (Å²) in [6.07, 6.45) is 9.63. The Balaban J connectivity index is 0.00000141. The molecule has 0 N–H and O–H groups in total. The van der Waals surface area contributed by atoms with E-state index in [0.29, 0.717) is 29.9 Å². The van der Waals surface area contributed by atoms with Gasteiger partial charge in [-0.2, -0.15) is 0 Å². The molecule has 1 amide bonds. The summed E-state index contributed by atoms with van der Waals surface area (Å²) in [5, 5.41) is 0. The standard InChI is InChI=1S/C30H45FN4O2.C3H8/c1-6-32-16-28(37-27-14-13-25(31)15-26(27)35(7-2)29(36)22(3)4)23(5)34-20-30(21-34)18-33(19-30)17-24-11-9-8-10-12-24;1-3-2/h6,13-15,22,24,28H,5,7-12,16-21H2,1-4H3;3H2,1-2H3. The number of rotatable bonds is 11. The van der Waals surface area contributed by atoms with Gasteiger partial charge >= 0.3 is 0 Å². The van der Waals surface area contributed by atoms with E-state index in [1.54, 1.807) is 17.2 Å². The van der Waals surface area contributed by atoms with Crippen LogP contribution >= 0.6 is 0 Å². The van der Waals surface area contributed by atoms with Gasteiger partial charge in [-0.15, -0.1) is 0 Å². The molecule has 1 aliphatic carbocycles. The molecule has 1 atom stereocenters. The molecule has 0 aromatic heterocycles. The van der Waals surface area contributed by atoms with Gasteiger partial charge in [0.05, 0.1) is 12.2 Å². The maximum absolute atomic E-state index is 14.3. The Hall–Kier alpha value is -2.41. The van der Waals surface area contributed by atoms with Crippen LogP contribution in [0.5, 0.6) is 5.75 Å². The molecule has 2 aliphatic heterocycles. The first kappa shape index (κ1) is 32.1. The fourth-order valence-electron chi connectivity index (χ4n) is 6.26. The third kappa shape index (κ3) is 8.08. The number of hydrogen-bond acceptors (Lipinski definition) is 5. The number of halogens is 1. The fraction of sp³-hybridized carbons (Fsp3) is 0.697. The van der Waals surface area contributed by atoms with Crippen LogP contribution in [0.2, 0.25) is 0 Å². The lowest BCUT2D eigenvalue weighted by Gasteiger charge is -2.62. The van der Waals surface area contributed by atoms with Crippen molar-refractivity contribution in [3.8, 4) is 5.75 Å². The Bertz CT molecular complexity index is 990. The molecule has 1 aromatic rings. The largest absolute Gasteiger partial charge is 0.480 e. The molecule has 0 radical (unpaired) electrons. The molecular weight excluding hydrogens is 503 g/mol. The second-order valence-corrected chi connectivity index (χ2v) is 12.3. The van der Waals surface area contributed by atoms with Gasteiger partial charge in [-0.3, -0.25) is 9.79 Å². The SMILES string of the molecule is C=C(C(CN=CC)Oc1ccc(F)cc1N(CC)C(=O)C(C)C)N1CC2(CN(CC3CCCCC3)C2)C1.CCC. The van der Waals surface area contributed by atoms with Crippen LogP contribution in [0.15, 0.2) is 35.5 Å². The second kappa shape index (κ2) is 15.0. The maximum Gasteiger partial charge on any atom is 0.229 e. The number of ether oxygens (including phenoxy) is 1. The summed E-state index contributed by atoms with van der Waals surface area (Å²) in [6, 6.07) is 4.38. The molecule has 2 heterocycles. The van der Waals surface area contributed by atoms with Crippen LogP contribution in [0.4, 0.5) is 10.1 Å². The molecule has 7 heteroatoms. The summed E-state index contributed by atoms with van der Waals surface area (Å²) in [5.41, 5.74) is 1.73. The van der Waals surface area contributed by atoms with Crippen LogP contribution in [0.1, 0.15) is 80.1 Å². The van der Waals surface area contributed by atoms with Crippen LogP contribution < -0.4 is 9.64 Å². The minimum Gasteiger partial charge on any atom is -0.480 e. The number of aliphatic imine (C=N–C) groups is 1. The topological polar surface area (TPSA) is 48.4 Å². The van der Waals surface area contributed by atoms with Crippen LogP contribution in [0.3, 0.4) is 0 Å². The summed E-state index contributed by atoms with van der Waals surface area (Å²) in [6.45, 7) is 22.6. The van der Waals surface area contributed by atoms with Gasteiger partial charge in [0.15, 0.2) is 6.10 Å². The van der Waals surface area contributed by atoms with Crippen molar-refractivity contribution in [1.82, 2.24) is 9.80 Å². The number of benzene rings is 1. The number of anilines is 1.